The van der Waals surface area contributed by atoms with Crippen molar-refractivity contribution in [2.75, 3.05) is 13.7 Å². The van der Waals surface area contributed by atoms with E-state index in [4.69, 9.17) is 11.6 Å². The molecule has 0 amide bonds. The summed E-state index contributed by atoms with van der Waals surface area (Å²) in [5.74, 6) is -2.87. The molecule has 5 heteroatoms. The van der Waals surface area contributed by atoms with Gasteiger partial charge in [0.15, 0.2) is 0 Å². The maximum Gasteiger partial charge on any atom is 0.275 e. The minimum absolute atomic E-state index is 0.202. The van der Waals surface area contributed by atoms with Crippen LogP contribution in [0.3, 0.4) is 0 Å². The van der Waals surface area contributed by atoms with E-state index in [1.54, 1.807) is 6.92 Å². The molecule has 0 rings (SSSR count). The van der Waals surface area contributed by atoms with Crippen molar-refractivity contribution in [3.63, 3.8) is 0 Å². The van der Waals surface area contributed by atoms with Gasteiger partial charge in [-0.25, -0.2) is 13.8 Å². The van der Waals surface area contributed by atoms with Crippen molar-refractivity contribution in [1.29, 1.82) is 0 Å². The zero-order chi connectivity index (χ0) is 10.3. The van der Waals surface area contributed by atoms with Crippen LogP contribution >= 0.6 is 11.6 Å². The van der Waals surface area contributed by atoms with Gasteiger partial charge in [-0.05, 0) is 6.92 Å². The quantitative estimate of drug-likeness (QED) is 0.506. The lowest BCUT2D eigenvalue weighted by molar-refractivity contribution is -0.0568. The first-order valence-electron chi connectivity index (χ1n) is 3.73. The van der Waals surface area contributed by atoms with Crippen LogP contribution in [0.1, 0.15) is 13.3 Å². The molecule has 2 nitrogen and oxygen atoms in total. The highest BCUT2D eigenvalue weighted by atomic mass is 35.5. The third-order valence-electron chi connectivity index (χ3n) is 1.20. The van der Waals surface area contributed by atoms with Crippen LogP contribution in [-0.2, 0) is 4.74 Å². The summed E-state index contributed by atoms with van der Waals surface area (Å²) in [7, 11) is 1.23. The van der Waals surface area contributed by atoms with Gasteiger partial charge in [0.05, 0.1) is 0 Å². The molecule has 13 heavy (non-hydrogen) atoms. The van der Waals surface area contributed by atoms with E-state index >= 15 is 0 Å². The molecule has 0 aliphatic heterocycles. The largest absolute Gasteiger partial charge is 0.378 e. The second-order valence-electron chi connectivity index (χ2n) is 2.42. The van der Waals surface area contributed by atoms with Crippen LogP contribution in [0, 0.1) is 0 Å². The first kappa shape index (κ1) is 12.5. The minimum atomic E-state index is -2.87. The van der Waals surface area contributed by atoms with Crippen molar-refractivity contribution in [3.8, 4) is 0 Å². The average Bonchev–Trinajstić information content (AvgIpc) is 2.03. The molecular weight excluding hydrogens is 200 g/mol. The predicted molar refractivity (Wildman–Crippen MR) is 49.5 cm³/mol. The Hall–Kier alpha value is -0.480. The van der Waals surface area contributed by atoms with Gasteiger partial charge in [-0.1, -0.05) is 17.7 Å². The van der Waals surface area contributed by atoms with E-state index in [0.29, 0.717) is 0 Å². The molecule has 0 heterocycles. The van der Waals surface area contributed by atoms with Crippen molar-refractivity contribution in [3.05, 3.63) is 11.2 Å². The number of rotatable bonds is 5. The Morgan fingerprint density at radius 3 is 2.69 bits per heavy atom. The molecule has 0 fully saturated rings. The molecular formula is C8H12ClF2NO. The van der Waals surface area contributed by atoms with E-state index < -0.39 is 19.0 Å². The third kappa shape index (κ3) is 6.66. The summed E-state index contributed by atoms with van der Waals surface area (Å²) >= 11 is 5.46. The van der Waals surface area contributed by atoms with Crippen LogP contribution in [0.15, 0.2) is 16.2 Å². The summed E-state index contributed by atoms with van der Waals surface area (Å²) in [5, 5.41) is 0.202. The molecule has 0 atom stereocenters. The predicted octanol–water partition coefficient (Wildman–Crippen LogP) is 2.83. The SMILES string of the molecule is C/C=C(/Cl)N=CCC(F)(F)COC. The molecule has 0 aromatic rings. The fourth-order valence-electron chi connectivity index (χ4n) is 0.611. The highest BCUT2D eigenvalue weighted by Gasteiger charge is 2.27. The summed E-state index contributed by atoms with van der Waals surface area (Å²) in [6.07, 6.45) is 2.14. The van der Waals surface area contributed by atoms with Crippen molar-refractivity contribution in [2.24, 2.45) is 4.99 Å². The van der Waals surface area contributed by atoms with E-state index in [0.717, 1.165) is 6.21 Å². The molecule has 0 bridgehead atoms. The van der Waals surface area contributed by atoms with Gasteiger partial charge in [-0.3, -0.25) is 0 Å². The Balaban J connectivity index is 3.93. The lowest BCUT2D eigenvalue weighted by Crippen LogP contribution is -2.23. The maximum atomic E-state index is 12.7. The van der Waals surface area contributed by atoms with E-state index in [1.807, 2.05) is 0 Å². The van der Waals surface area contributed by atoms with E-state index in [-0.39, 0.29) is 5.16 Å². The Bertz CT molecular complexity index is 204. The zero-order valence-electron chi connectivity index (χ0n) is 7.56. The van der Waals surface area contributed by atoms with Gasteiger partial charge < -0.3 is 4.74 Å². The van der Waals surface area contributed by atoms with Gasteiger partial charge in [-0.2, -0.15) is 0 Å². The lowest BCUT2D eigenvalue weighted by atomic mass is 10.3. The van der Waals surface area contributed by atoms with Gasteiger partial charge in [0.1, 0.15) is 11.8 Å². The molecule has 0 aromatic heterocycles. The summed E-state index contributed by atoms with van der Waals surface area (Å²) in [6, 6.07) is 0. The van der Waals surface area contributed by atoms with Crippen molar-refractivity contribution >= 4 is 17.8 Å². The minimum Gasteiger partial charge on any atom is -0.378 e. The van der Waals surface area contributed by atoms with E-state index in [2.05, 4.69) is 9.73 Å². The highest BCUT2D eigenvalue weighted by molar-refractivity contribution is 6.29. The standard InChI is InChI=1S/C8H12ClF2NO/c1-3-7(9)12-5-4-8(10,11)6-13-2/h3,5H,4,6H2,1-2H3/b7-3-,12-5?. The van der Waals surface area contributed by atoms with Gasteiger partial charge in [0.25, 0.3) is 5.92 Å². The topological polar surface area (TPSA) is 21.6 Å². The third-order valence-corrected chi connectivity index (χ3v) is 1.51. The van der Waals surface area contributed by atoms with Crippen LogP contribution in [0.5, 0.6) is 0 Å². The summed E-state index contributed by atoms with van der Waals surface area (Å²) < 4.78 is 29.7. The number of methoxy groups -OCH3 is 1. The van der Waals surface area contributed by atoms with E-state index in [9.17, 15) is 8.78 Å². The van der Waals surface area contributed by atoms with Crippen molar-refractivity contribution in [1.82, 2.24) is 0 Å². The fraction of sp³-hybridized carbons (Fsp3) is 0.625. The molecule has 76 valence electrons. The Morgan fingerprint density at radius 1 is 1.62 bits per heavy atom. The maximum absolute atomic E-state index is 12.7. The Morgan fingerprint density at radius 2 is 2.23 bits per heavy atom. The van der Waals surface area contributed by atoms with Gasteiger partial charge in [0, 0.05) is 19.7 Å². The summed E-state index contributed by atoms with van der Waals surface area (Å²) in [5.41, 5.74) is 0. The summed E-state index contributed by atoms with van der Waals surface area (Å²) in [4.78, 5) is 3.58. The normalized spacial score (nSPS) is 14.1. The van der Waals surface area contributed by atoms with Crippen LogP contribution in [0.2, 0.25) is 0 Å². The molecule has 0 radical (unpaired) electrons. The second-order valence-corrected chi connectivity index (χ2v) is 2.80. The van der Waals surface area contributed by atoms with Crippen molar-refractivity contribution < 1.29 is 13.5 Å². The number of nitrogens with zero attached hydrogens (tertiary/aromatic N) is 1. The molecule has 0 aromatic carbocycles. The number of ether oxygens (including phenoxy) is 1. The zero-order valence-corrected chi connectivity index (χ0v) is 8.31. The van der Waals surface area contributed by atoms with Gasteiger partial charge in [0.2, 0.25) is 0 Å². The molecule has 0 unspecified atom stereocenters. The number of alkyl halides is 2. The van der Waals surface area contributed by atoms with Crippen LogP contribution in [0.4, 0.5) is 8.78 Å². The van der Waals surface area contributed by atoms with Gasteiger partial charge >= 0.3 is 0 Å². The summed E-state index contributed by atoms with van der Waals surface area (Å²) in [6.45, 7) is 1.07. The highest BCUT2D eigenvalue weighted by Crippen LogP contribution is 2.17. The van der Waals surface area contributed by atoms with Crippen LogP contribution < -0.4 is 0 Å². The van der Waals surface area contributed by atoms with Crippen LogP contribution in [-0.4, -0.2) is 25.9 Å². The monoisotopic (exact) mass is 211 g/mol. The molecule has 0 spiro atoms. The fourth-order valence-corrected chi connectivity index (χ4v) is 0.680. The number of aliphatic imine (C=N–C) groups is 1. The molecule has 0 saturated carbocycles. The van der Waals surface area contributed by atoms with Crippen LogP contribution in [0.25, 0.3) is 0 Å². The number of halogens is 3. The first-order valence-corrected chi connectivity index (χ1v) is 4.11. The Kier molecular flexibility index (Phi) is 5.82. The molecule has 0 saturated heterocycles. The van der Waals surface area contributed by atoms with E-state index in [1.165, 1.54) is 13.2 Å². The molecule has 0 aliphatic rings. The smallest absolute Gasteiger partial charge is 0.275 e. The Labute approximate surface area is 81.2 Å². The average molecular weight is 212 g/mol. The number of hydrogen-bond donors (Lipinski definition) is 0. The molecule has 0 N–H and O–H groups in total. The number of allylic oxidation sites excluding steroid dienone is 1. The molecule has 0 aliphatic carbocycles. The number of hydrogen-bond acceptors (Lipinski definition) is 2. The second kappa shape index (κ2) is 6.05. The first-order chi connectivity index (χ1) is 6.02. The van der Waals surface area contributed by atoms with Gasteiger partial charge in [-0.15, -0.1) is 0 Å². The van der Waals surface area contributed by atoms with Crippen molar-refractivity contribution in [2.45, 2.75) is 19.3 Å². The lowest BCUT2D eigenvalue weighted by Gasteiger charge is -2.11.